The van der Waals surface area contributed by atoms with Crippen LogP contribution in [-0.2, 0) is 33.9 Å². The molecule has 0 spiro atoms. The highest BCUT2D eigenvalue weighted by Gasteiger charge is 2.48. The van der Waals surface area contributed by atoms with Crippen molar-refractivity contribution in [3.8, 4) is 11.6 Å². The molecule has 33 heavy (non-hydrogen) atoms. The molecule has 1 aliphatic rings. The molecule has 0 amide bonds. The summed E-state index contributed by atoms with van der Waals surface area (Å²) in [7, 11) is 0. The zero-order valence-electron chi connectivity index (χ0n) is 16.9. The van der Waals surface area contributed by atoms with Crippen molar-refractivity contribution in [2.45, 2.75) is 31.4 Å². The van der Waals surface area contributed by atoms with Crippen molar-refractivity contribution in [3.63, 3.8) is 0 Å². The van der Waals surface area contributed by atoms with E-state index in [0.717, 1.165) is 47.6 Å². The van der Waals surface area contributed by atoms with Gasteiger partial charge in [-0.3, -0.25) is 4.98 Å². The van der Waals surface area contributed by atoms with Gasteiger partial charge in [-0.15, -0.1) is 0 Å². The van der Waals surface area contributed by atoms with Gasteiger partial charge in [-0.1, -0.05) is 0 Å². The van der Waals surface area contributed by atoms with E-state index in [1.807, 2.05) is 0 Å². The largest absolute Gasteiger partial charge is 0.437 e. The number of hydrogen-bond acceptors (Lipinski definition) is 6. The third-order valence-corrected chi connectivity index (χ3v) is 4.75. The maximum Gasteiger partial charge on any atom is 0.433 e. The van der Waals surface area contributed by atoms with Crippen LogP contribution in [0.3, 0.4) is 0 Å². The zero-order valence-corrected chi connectivity index (χ0v) is 16.9. The number of pyridine rings is 2. The lowest BCUT2D eigenvalue weighted by Crippen LogP contribution is -2.36. The Morgan fingerprint density at radius 2 is 1.79 bits per heavy atom. The van der Waals surface area contributed by atoms with Crippen molar-refractivity contribution >= 4 is 0 Å². The minimum atomic E-state index is -4.95. The highest BCUT2D eigenvalue weighted by Crippen LogP contribution is 2.42. The van der Waals surface area contributed by atoms with Crippen LogP contribution in [0.2, 0.25) is 0 Å². The Labute approximate surface area is 183 Å². The summed E-state index contributed by atoms with van der Waals surface area (Å²) in [6.07, 6.45) is -2.01. The van der Waals surface area contributed by atoms with Gasteiger partial charge in [0.15, 0.2) is 5.69 Å². The fourth-order valence-corrected chi connectivity index (χ4v) is 3.27. The number of halogens is 6. The average Bonchev–Trinajstić information content (AvgIpc) is 3.37. The van der Waals surface area contributed by atoms with Gasteiger partial charge >= 0.3 is 6.18 Å². The normalized spacial score (nSPS) is 16.2. The molecule has 0 N–H and O–H groups in total. The summed E-state index contributed by atoms with van der Waals surface area (Å²) in [5, 5.41) is 0. The van der Waals surface area contributed by atoms with Gasteiger partial charge in [0.05, 0.1) is 38.5 Å². The summed E-state index contributed by atoms with van der Waals surface area (Å²) in [6.45, 7) is 0.169. The Morgan fingerprint density at radius 3 is 2.33 bits per heavy atom. The van der Waals surface area contributed by atoms with E-state index in [0.29, 0.717) is 6.92 Å². The molecular weight excluding hydrogens is 458 g/mol. The maximum atomic E-state index is 13.9. The third-order valence-electron chi connectivity index (χ3n) is 4.75. The smallest absolute Gasteiger partial charge is 0.433 e. The standard InChI is InChI=1S/C20H16F6N4O3/c1-18(22,23)14-4-2-12(8-28-14)33-16-5-3-13(17(29-16)20(24,25)26)19(31-6-7-32-19)10-30-11-27-9-15(30)21/h2-5,8-9,11H,6-7,10H2,1H3. The van der Waals surface area contributed by atoms with Crippen LogP contribution >= 0.6 is 0 Å². The molecule has 1 saturated heterocycles. The van der Waals surface area contributed by atoms with Gasteiger partial charge in [0.2, 0.25) is 17.6 Å². The number of hydrogen-bond donors (Lipinski definition) is 0. The van der Waals surface area contributed by atoms with Gasteiger partial charge in [-0.25, -0.2) is 9.97 Å². The van der Waals surface area contributed by atoms with Gasteiger partial charge < -0.3 is 18.8 Å². The predicted octanol–water partition coefficient (Wildman–Crippen LogP) is 4.63. The maximum absolute atomic E-state index is 13.9. The number of nitrogens with zero attached hydrogens (tertiary/aromatic N) is 4. The number of aromatic nitrogens is 4. The summed E-state index contributed by atoms with van der Waals surface area (Å²) < 4.78 is 99.5. The molecule has 4 rings (SSSR count). The Kier molecular flexibility index (Phi) is 5.78. The molecule has 4 heterocycles. The summed E-state index contributed by atoms with van der Waals surface area (Å²) in [4.78, 5) is 10.7. The van der Waals surface area contributed by atoms with Gasteiger partial charge in [-0.2, -0.15) is 26.3 Å². The molecule has 0 bridgehead atoms. The Balaban J connectivity index is 1.69. The van der Waals surface area contributed by atoms with Crippen LogP contribution < -0.4 is 4.74 Å². The highest BCUT2D eigenvalue weighted by molar-refractivity contribution is 5.34. The van der Waals surface area contributed by atoms with Crippen LogP contribution in [0.1, 0.15) is 23.9 Å². The molecule has 0 radical (unpaired) electrons. The van der Waals surface area contributed by atoms with Gasteiger partial charge in [0.25, 0.3) is 5.92 Å². The van der Waals surface area contributed by atoms with Crippen LogP contribution in [0.4, 0.5) is 26.3 Å². The van der Waals surface area contributed by atoms with Gasteiger partial charge in [0.1, 0.15) is 11.4 Å². The Hall–Kier alpha value is -3.19. The number of ether oxygens (including phenoxy) is 3. The van der Waals surface area contributed by atoms with Crippen molar-refractivity contribution < 1.29 is 40.6 Å². The average molecular weight is 474 g/mol. The third kappa shape index (κ3) is 4.78. The molecule has 0 unspecified atom stereocenters. The molecule has 1 aliphatic heterocycles. The molecule has 13 heteroatoms. The zero-order chi connectivity index (χ0) is 23.9. The lowest BCUT2D eigenvalue weighted by molar-refractivity contribution is -0.188. The number of alkyl halides is 5. The molecule has 176 valence electrons. The lowest BCUT2D eigenvalue weighted by atomic mass is 10.0. The molecule has 0 saturated carbocycles. The Morgan fingerprint density at radius 1 is 1.06 bits per heavy atom. The SMILES string of the molecule is CC(F)(F)c1ccc(Oc2ccc(C3(Cn4cncc4F)OCCO3)c(C(F)(F)F)n2)cn1. The lowest BCUT2D eigenvalue weighted by Gasteiger charge is -2.30. The van der Waals surface area contributed by atoms with Crippen LogP contribution in [-0.4, -0.2) is 32.7 Å². The second kappa shape index (κ2) is 8.30. The highest BCUT2D eigenvalue weighted by atomic mass is 19.4. The topological polar surface area (TPSA) is 71.3 Å². The monoisotopic (exact) mass is 474 g/mol. The molecular formula is C20H16F6N4O3. The first-order valence-electron chi connectivity index (χ1n) is 9.52. The van der Waals surface area contributed by atoms with Crippen LogP contribution in [0.15, 0.2) is 43.0 Å². The minimum Gasteiger partial charge on any atom is -0.437 e. The number of rotatable bonds is 6. The van der Waals surface area contributed by atoms with E-state index in [-0.39, 0.29) is 19.0 Å². The summed E-state index contributed by atoms with van der Waals surface area (Å²) in [5.74, 6) is -6.51. The van der Waals surface area contributed by atoms with Crippen molar-refractivity contribution in [1.29, 1.82) is 0 Å². The molecule has 1 fully saturated rings. The van der Waals surface area contributed by atoms with E-state index in [4.69, 9.17) is 14.2 Å². The molecule has 0 aliphatic carbocycles. The Bertz CT molecular complexity index is 1120. The van der Waals surface area contributed by atoms with E-state index >= 15 is 0 Å². The molecule has 7 nitrogen and oxygen atoms in total. The van der Waals surface area contributed by atoms with Crippen molar-refractivity contribution in [2.24, 2.45) is 0 Å². The van der Waals surface area contributed by atoms with Gasteiger partial charge in [-0.05, 0) is 18.2 Å². The van der Waals surface area contributed by atoms with Gasteiger partial charge in [0, 0.05) is 18.6 Å². The van der Waals surface area contributed by atoms with Crippen molar-refractivity contribution in [3.05, 3.63) is 65.9 Å². The fraction of sp³-hybridized carbons (Fsp3) is 0.350. The summed E-state index contributed by atoms with van der Waals surface area (Å²) in [6, 6.07) is 4.30. The van der Waals surface area contributed by atoms with Crippen LogP contribution in [0.25, 0.3) is 0 Å². The van der Waals surface area contributed by atoms with Crippen molar-refractivity contribution in [2.75, 3.05) is 13.2 Å². The van der Waals surface area contributed by atoms with E-state index in [1.54, 1.807) is 0 Å². The predicted molar refractivity (Wildman–Crippen MR) is 98.9 cm³/mol. The molecule has 3 aromatic heterocycles. The molecule has 3 aromatic rings. The first kappa shape index (κ1) is 23.0. The van der Waals surface area contributed by atoms with E-state index in [1.165, 1.54) is 0 Å². The molecule has 0 atom stereocenters. The van der Waals surface area contributed by atoms with Crippen LogP contribution in [0.5, 0.6) is 11.6 Å². The minimum absolute atomic E-state index is 0.0219. The summed E-state index contributed by atoms with van der Waals surface area (Å²) in [5.41, 5.74) is -2.38. The first-order valence-corrected chi connectivity index (χ1v) is 9.52. The van der Waals surface area contributed by atoms with E-state index in [2.05, 4.69) is 15.0 Å². The molecule has 0 aromatic carbocycles. The van der Waals surface area contributed by atoms with Crippen molar-refractivity contribution in [1.82, 2.24) is 19.5 Å². The van der Waals surface area contributed by atoms with E-state index in [9.17, 15) is 26.3 Å². The quantitative estimate of drug-likeness (QED) is 0.485. The van der Waals surface area contributed by atoms with Crippen LogP contribution in [0, 0.1) is 5.95 Å². The van der Waals surface area contributed by atoms with E-state index < -0.39 is 53.2 Å². The first-order chi connectivity index (χ1) is 15.5. The second-order valence-electron chi connectivity index (χ2n) is 7.21. The second-order valence-corrected chi connectivity index (χ2v) is 7.21. The summed E-state index contributed by atoms with van der Waals surface area (Å²) >= 11 is 0. The number of imidazole rings is 1. The fourth-order valence-electron chi connectivity index (χ4n) is 3.27.